The Labute approximate surface area is 207 Å². The van der Waals surface area contributed by atoms with Crippen LogP contribution in [-0.4, -0.2) is 39.2 Å². The number of nitrogens with one attached hydrogen (secondary N) is 1. The molecule has 1 N–H and O–H groups in total. The fourth-order valence-corrected chi connectivity index (χ4v) is 5.51. The van der Waals surface area contributed by atoms with Crippen LogP contribution >= 0.6 is 22.9 Å². The number of hydrogen-bond donors (Lipinski definition) is 1. The first-order chi connectivity index (χ1) is 16.1. The van der Waals surface area contributed by atoms with Crippen LogP contribution in [0.3, 0.4) is 0 Å². The highest BCUT2D eigenvalue weighted by atomic mass is 35.5. The number of sulfonamides is 1. The van der Waals surface area contributed by atoms with Crippen molar-refractivity contribution in [1.82, 2.24) is 4.98 Å². The topological polar surface area (TPSA) is 88.6 Å². The van der Waals surface area contributed by atoms with Gasteiger partial charge >= 0.3 is 0 Å². The van der Waals surface area contributed by atoms with Gasteiger partial charge in [0.25, 0.3) is 0 Å². The molecule has 0 radical (unpaired) electrons. The first-order valence-electron chi connectivity index (χ1n) is 10.2. The van der Waals surface area contributed by atoms with E-state index in [1.165, 1.54) is 18.7 Å². The van der Waals surface area contributed by atoms with Crippen LogP contribution in [0.1, 0.15) is 5.56 Å². The van der Waals surface area contributed by atoms with E-state index in [1.54, 1.807) is 35.6 Å². The van der Waals surface area contributed by atoms with Crippen molar-refractivity contribution in [2.75, 3.05) is 29.5 Å². The second kappa shape index (κ2) is 9.61. The first kappa shape index (κ1) is 24.0. The highest BCUT2D eigenvalue weighted by molar-refractivity contribution is 7.92. The normalized spacial score (nSPS) is 11.4. The second-order valence-corrected chi connectivity index (χ2v) is 11.1. The Morgan fingerprint density at radius 3 is 2.53 bits per heavy atom. The lowest BCUT2D eigenvalue weighted by Crippen LogP contribution is -2.37. The van der Waals surface area contributed by atoms with Gasteiger partial charge in [-0.2, -0.15) is 0 Å². The number of aryl methyl sites for hydroxylation is 1. The summed E-state index contributed by atoms with van der Waals surface area (Å²) in [4.78, 5) is 17.4. The van der Waals surface area contributed by atoms with Crippen LogP contribution < -0.4 is 14.4 Å². The van der Waals surface area contributed by atoms with Crippen molar-refractivity contribution >= 4 is 60.5 Å². The van der Waals surface area contributed by atoms with Crippen molar-refractivity contribution in [2.45, 2.75) is 6.92 Å². The summed E-state index contributed by atoms with van der Waals surface area (Å²) < 4.78 is 32.2. The quantitative estimate of drug-likeness (QED) is 0.359. The third-order valence-corrected chi connectivity index (χ3v) is 7.49. The van der Waals surface area contributed by atoms with E-state index < -0.39 is 22.5 Å². The monoisotopic (exact) mass is 515 g/mol. The zero-order chi connectivity index (χ0) is 24.5. The molecule has 1 aromatic heterocycles. The summed E-state index contributed by atoms with van der Waals surface area (Å²) in [6, 6.07) is 18.0. The van der Waals surface area contributed by atoms with Gasteiger partial charge in [-0.1, -0.05) is 17.7 Å². The fraction of sp³-hybridized carbons (Fsp3) is 0.167. The van der Waals surface area contributed by atoms with Crippen LogP contribution in [0.5, 0.6) is 5.75 Å². The Hall–Kier alpha value is -3.14. The summed E-state index contributed by atoms with van der Waals surface area (Å²) in [5.74, 6) is -0.214. The van der Waals surface area contributed by atoms with Gasteiger partial charge in [0, 0.05) is 16.3 Å². The van der Waals surface area contributed by atoms with Gasteiger partial charge < -0.3 is 10.1 Å². The van der Waals surface area contributed by atoms with Gasteiger partial charge in [-0.15, -0.1) is 11.3 Å². The molecule has 0 aliphatic carbocycles. The number of rotatable bonds is 7. The Morgan fingerprint density at radius 1 is 1.12 bits per heavy atom. The molecule has 7 nitrogen and oxygen atoms in total. The Balaban J connectivity index is 1.52. The van der Waals surface area contributed by atoms with Gasteiger partial charge in [0.1, 0.15) is 17.3 Å². The van der Waals surface area contributed by atoms with Crippen LogP contribution in [0.4, 0.5) is 11.4 Å². The van der Waals surface area contributed by atoms with Crippen molar-refractivity contribution in [3.63, 3.8) is 0 Å². The van der Waals surface area contributed by atoms with Crippen molar-refractivity contribution in [3.05, 3.63) is 71.2 Å². The maximum Gasteiger partial charge on any atom is 0.245 e. The van der Waals surface area contributed by atoms with E-state index in [0.29, 0.717) is 10.7 Å². The highest BCUT2D eigenvalue weighted by Gasteiger charge is 2.24. The summed E-state index contributed by atoms with van der Waals surface area (Å²) in [6.45, 7) is 1.61. The van der Waals surface area contributed by atoms with Gasteiger partial charge in [0.15, 0.2) is 0 Å². The molecule has 176 valence electrons. The third kappa shape index (κ3) is 5.32. The van der Waals surface area contributed by atoms with Gasteiger partial charge in [0.05, 0.1) is 29.3 Å². The Bertz CT molecular complexity index is 1470. The number of carbonyl (C=O) groups excluding carboxylic acids is 1. The van der Waals surface area contributed by atoms with Crippen molar-refractivity contribution < 1.29 is 17.9 Å². The lowest BCUT2D eigenvalue weighted by molar-refractivity contribution is -0.114. The molecular weight excluding hydrogens is 494 g/mol. The van der Waals surface area contributed by atoms with E-state index in [-0.39, 0.29) is 11.4 Å². The number of amides is 1. The molecule has 10 heteroatoms. The van der Waals surface area contributed by atoms with Gasteiger partial charge in [-0.05, 0) is 67.1 Å². The minimum absolute atomic E-state index is 0.189. The molecule has 3 aromatic carbocycles. The predicted octanol–water partition coefficient (Wildman–Crippen LogP) is 5.34. The number of ether oxygens (including phenoxy) is 1. The fourth-order valence-electron chi connectivity index (χ4n) is 3.42. The number of hydrogen-bond acceptors (Lipinski definition) is 6. The number of carbonyl (C=O) groups is 1. The van der Waals surface area contributed by atoms with E-state index in [2.05, 4.69) is 16.4 Å². The summed E-state index contributed by atoms with van der Waals surface area (Å²) in [7, 11) is -2.37. The largest absolute Gasteiger partial charge is 0.495 e. The minimum atomic E-state index is -3.79. The van der Waals surface area contributed by atoms with E-state index in [9.17, 15) is 13.2 Å². The van der Waals surface area contributed by atoms with E-state index >= 15 is 0 Å². The number of fused-ring (bicyclic) bond motifs is 1. The Morgan fingerprint density at radius 2 is 1.85 bits per heavy atom. The molecule has 1 heterocycles. The molecule has 1 amide bonds. The third-order valence-electron chi connectivity index (χ3n) is 5.06. The van der Waals surface area contributed by atoms with Crippen molar-refractivity contribution in [3.8, 4) is 16.3 Å². The molecule has 0 fully saturated rings. The van der Waals surface area contributed by atoms with Crippen molar-refractivity contribution in [1.29, 1.82) is 0 Å². The average molecular weight is 516 g/mol. The second-order valence-electron chi connectivity index (χ2n) is 7.70. The number of anilines is 2. The molecule has 0 aliphatic rings. The van der Waals surface area contributed by atoms with Crippen LogP contribution in [0.15, 0.2) is 60.7 Å². The minimum Gasteiger partial charge on any atom is -0.495 e. The van der Waals surface area contributed by atoms with Crippen LogP contribution in [0.25, 0.3) is 20.8 Å². The SMILES string of the molecule is COc1ccc(Cl)cc1N(CC(=O)Nc1ccc(-c2nc3ccc(C)cc3s2)cc1)S(C)(=O)=O. The van der Waals surface area contributed by atoms with Gasteiger partial charge in [-0.3, -0.25) is 9.10 Å². The predicted molar refractivity (Wildman–Crippen MR) is 139 cm³/mol. The molecular formula is C24H22ClN3O4S2. The molecule has 4 rings (SSSR count). The number of halogens is 1. The molecule has 0 spiro atoms. The summed E-state index contributed by atoms with van der Waals surface area (Å²) >= 11 is 7.65. The van der Waals surface area contributed by atoms with Gasteiger partial charge in [0.2, 0.25) is 15.9 Å². The zero-order valence-corrected chi connectivity index (χ0v) is 21.1. The molecule has 0 aliphatic heterocycles. The lowest BCUT2D eigenvalue weighted by Gasteiger charge is -2.24. The maximum atomic E-state index is 12.7. The van der Waals surface area contributed by atoms with Crippen LogP contribution in [-0.2, 0) is 14.8 Å². The lowest BCUT2D eigenvalue weighted by atomic mass is 10.2. The molecule has 0 saturated heterocycles. The van der Waals surface area contributed by atoms with E-state index in [0.717, 1.165) is 31.3 Å². The molecule has 0 unspecified atom stereocenters. The van der Waals surface area contributed by atoms with Crippen LogP contribution in [0, 0.1) is 6.92 Å². The molecule has 34 heavy (non-hydrogen) atoms. The molecule has 0 saturated carbocycles. The van der Waals surface area contributed by atoms with E-state index in [4.69, 9.17) is 16.3 Å². The average Bonchev–Trinajstić information content (AvgIpc) is 3.20. The summed E-state index contributed by atoms with van der Waals surface area (Å²) in [5.41, 5.74) is 3.78. The smallest absolute Gasteiger partial charge is 0.245 e. The highest BCUT2D eigenvalue weighted by Crippen LogP contribution is 2.33. The summed E-state index contributed by atoms with van der Waals surface area (Å²) in [6.07, 6.45) is 1.02. The zero-order valence-electron chi connectivity index (χ0n) is 18.7. The molecule has 4 aromatic rings. The van der Waals surface area contributed by atoms with Crippen LogP contribution in [0.2, 0.25) is 5.02 Å². The summed E-state index contributed by atoms with van der Waals surface area (Å²) in [5, 5.41) is 3.95. The number of thiazole rings is 1. The first-order valence-corrected chi connectivity index (χ1v) is 13.3. The van der Waals surface area contributed by atoms with Crippen molar-refractivity contribution in [2.24, 2.45) is 0 Å². The standard InChI is InChI=1S/C24H22ClN3O4S2/c1-15-4-10-19-22(12-15)33-24(27-19)16-5-8-18(9-6-16)26-23(29)14-28(34(3,30)31)20-13-17(25)7-11-21(20)32-2/h4-13H,14H2,1-3H3,(H,26,29). The van der Waals surface area contributed by atoms with E-state index in [1.807, 2.05) is 31.2 Å². The molecule has 0 bridgehead atoms. The number of nitrogens with zero attached hydrogens (tertiary/aromatic N) is 2. The number of aromatic nitrogens is 1. The maximum absolute atomic E-state index is 12.7. The molecule has 0 atom stereocenters. The van der Waals surface area contributed by atoms with Gasteiger partial charge in [-0.25, -0.2) is 13.4 Å². The number of benzene rings is 3. The number of methoxy groups -OCH3 is 1. The Kier molecular flexibility index (Phi) is 6.79.